The normalized spacial score (nSPS) is 21.1. The van der Waals surface area contributed by atoms with Crippen molar-refractivity contribution in [1.29, 1.82) is 0 Å². The van der Waals surface area contributed by atoms with Gasteiger partial charge in [0.2, 0.25) is 0 Å². The fourth-order valence-corrected chi connectivity index (χ4v) is 5.64. The first-order chi connectivity index (χ1) is 17.6. The number of carbonyl (C=O) groups excluding carboxylic acids is 2. The third-order valence-corrected chi connectivity index (χ3v) is 7.70. The van der Waals surface area contributed by atoms with Crippen molar-refractivity contribution in [3.05, 3.63) is 0 Å². The molecule has 220 valence electrons. The average molecular weight is 526 g/mol. The predicted molar refractivity (Wildman–Crippen MR) is 156 cm³/mol. The van der Waals surface area contributed by atoms with E-state index < -0.39 is 0 Å². The molecule has 1 heterocycles. The van der Waals surface area contributed by atoms with Crippen LogP contribution in [0, 0.1) is 0 Å². The molecule has 1 aliphatic heterocycles. The molecule has 1 aliphatic rings. The second kappa shape index (κ2) is 20.8. The highest BCUT2D eigenvalue weighted by Crippen LogP contribution is 2.42. The number of nitrogens with zero attached hydrogens (tertiary/aromatic N) is 1. The van der Waals surface area contributed by atoms with Gasteiger partial charge in [-0.15, -0.1) is 5.06 Å². The molecule has 0 aromatic rings. The largest absolute Gasteiger partial charge is 0.462 e. The predicted octanol–water partition coefficient (Wildman–Crippen LogP) is 9.71. The molecule has 5 heteroatoms. The highest BCUT2D eigenvalue weighted by atomic mass is 16.7. The Morgan fingerprint density at radius 3 is 1.57 bits per heavy atom. The molecular weight excluding hydrogens is 462 g/mol. The third kappa shape index (κ3) is 15.8. The summed E-state index contributed by atoms with van der Waals surface area (Å²) in [7, 11) is 0. The Hall–Kier alpha value is -1.10. The summed E-state index contributed by atoms with van der Waals surface area (Å²) in [6, 6.07) is 0. The molecule has 0 radical (unpaired) electrons. The number of esters is 1. The zero-order valence-corrected chi connectivity index (χ0v) is 26.1. The summed E-state index contributed by atoms with van der Waals surface area (Å²) in [4.78, 5) is 29.7. The molecule has 37 heavy (non-hydrogen) atoms. The van der Waals surface area contributed by atoms with Crippen LogP contribution in [0.3, 0.4) is 0 Å². The molecule has 0 spiro atoms. The monoisotopic (exact) mass is 525 g/mol. The van der Waals surface area contributed by atoms with Crippen molar-refractivity contribution in [1.82, 2.24) is 5.06 Å². The van der Waals surface area contributed by atoms with E-state index in [0.717, 1.165) is 19.3 Å². The first kappa shape index (κ1) is 35.9. The Kier molecular flexibility index (Phi) is 20.2. The highest BCUT2D eigenvalue weighted by molar-refractivity contribution is 5.69. The van der Waals surface area contributed by atoms with Gasteiger partial charge in [-0.25, -0.2) is 0 Å². The van der Waals surface area contributed by atoms with Crippen molar-refractivity contribution in [2.75, 3.05) is 0 Å². The van der Waals surface area contributed by atoms with Gasteiger partial charge in [0.15, 0.2) is 0 Å². The van der Waals surface area contributed by atoms with Crippen LogP contribution in [-0.4, -0.2) is 34.2 Å². The van der Waals surface area contributed by atoms with Crippen LogP contribution >= 0.6 is 0 Å². The number of carbonyl (C=O) groups is 2. The number of hydrogen-bond donors (Lipinski definition) is 0. The summed E-state index contributed by atoms with van der Waals surface area (Å²) in [5, 5.41) is 1.83. The lowest BCUT2D eigenvalue weighted by Gasteiger charge is -2.53. The van der Waals surface area contributed by atoms with E-state index in [1.165, 1.54) is 90.4 Å². The lowest BCUT2D eigenvalue weighted by atomic mass is 9.78. The summed E-state index contributed by atoms with van der Waals surface area (Å²) in [5.74, 6) is -0.388. The van der Waals surface area contributed by atoms with E-state index in [0.29, 0.717) is 19.3 Å². The minimum absolute atomic E-state index is 0.0834. The number of rotatable bonds is 19. The quantitative estimate of drug-likeness (QED) is 0.124. The number of hydroxylamine groups is 2. The van der Waals surface area contributed by atoms with Crippen molar-refractivity contribution >= 4 is 11.9 Å². The Morgan fingerprint density at radius 1 is 0.730 bits per heavy atom. The van der Waals surface area contributed by atoms with Crippen LogP contribution in [0.4, 0.5) is 0 Å². The van der Waals surface area contributed by atoms with Crippen molar-refractivity contribution < 1.29 is 19.2 Å². The molecule has 1 fully saturated rings. The van der Waals surface area contributed by atoms with E-state index >= 15 is 0 Å². The van der Waals surface area contributed by atoms with Crippen molar-refractivity contribution in [2.45, 2.75) is 195 Å². The summed E-state index contributed by atoms with van der Waals surface area (Å²) in [6.45, 7) is 16.0. The lowest BCUT2D eigenvalue weighted by molar-refractivity contribution is -0.280. The van der Waals surface area contributed by atoms with Crippen molar-refractivity contribution in [2.24, 2.45) is 0 Å². The van der Waals surface area contributed by atoms with Gasteiger partial charge in [-0.2, -0.15) is 0 Å². The summed E-state index contributed by atoms with van der Waals surface area (Å²) in [6.07, 6.45) is 22.3. The number of unbranched alkanes of at least 4 members (excludes halogenated alkanes) is 14. The molecule has 2 atom stereocenters. The number of ether oxygens (including phenoxy) is 1. The van der Waals surface area contributed by atoms with E-state index in [1.54, 1.807) is 0 Å². The summed E-state index contributed by atoms with van der Waals surface area (Å²) < 4.78 is 5.89. The molecule has 0 aromatic heterocycles. The first-order valence-corrected chi connectivity index (χ1v) is 15.8. The van der Waals surface area contributed by atoms with Crippen molar-refractivity contribution in [3.63, 3.8) is 0 Å². The molecule has 0 N–H and O–H groups in total. The van der Waals surface area contributed by atoms with Gasteiger partial charge in [-0.1, -0.05) is 118 Å². The zero-order chi connectivity index (χ0) is 28.2. The molecule has 0 aromatic carbocycles. The van der Waals surface area contributed by atoms with Crippen LogP contribution < -0.4 is 0 Å². The molecule has 0 bridgehead atoms. The molecule has 0 amide bonds. The van der Waals surface area contributed by atoms with Gasteiger partial charge in [0.05, 0.1) is 11.1 Å². The van der Waals surface area contributed by atoms with Crippen LogP contribution in [-0.2, 0) is 19.2 Å². The average Bonchev–Trinajstić information content (AvgIpc) is 2.85. The van der Waals surface area contributed by atoms with Gasteiger partial charge in [-0.3, -0.25) is 9.59 Å². The van der Waals surface area contributed by atoms with E-state index in [-0.39, 0.29) is 29.1 Å². The van der Waals surface area contributed by atoms with Crippen LogP contribution in [0.15, 0.2) is 0 Å². The van der Waals surface area contributed by atoms with E-state index in [2.05, 4.69) is 34.6 Å². The molecule has 5 nitrogen and oxygen atoms in total. The van der Waals surface area contributed by atoms with Crippen LogP contribution in [0.1, 0.15) is 177 Å². The van der Waals surface area contributed by atoms with Crippen LogP contribution in [0.25, 0.3) is 0 Å². The molecule has 1 rings (SSSR count). The second-order valence-electron chi connectivity index (χ2n) is 11.8. The molecule has 0 saturated carbocycles. The summed E-state index contributed by atoms with van der Waals surface area (Å²) >= 11 is 0. The lowest BCUT2D eigenvalue weighted by Crippen LogP contribution is -2.63. The maximum Gasteiger partial charge on any atom is 0.322 e. The highest BCUT2D eigenvalue weighted by Gasteiger charge is 2.50. The minimum atomic E-state index is -0.381. The maximum absolute atomic E-state index is 12.5. The Bertz CT molecular complexity index is 591. The van der Waals surface area contributed by atoms with E-state index in [1.807, 2.05) is 18.9 Å². The molecule has 2 unspecified atom stereocenters. The minimum Gasteiger partial charge on any atom is -0.462 e. The van der Waals surface area contributed by atoms with E-state index in [9.17, 15) is 9.59 Å². The number of piperidine rings is 1. The maximum atomic E-state index is 12.5. The SMILES string of the molecule is CC.CCCCCCCCCCCCCCCCCC(=O)OC1CC(C)(C)N(OC(C)=O)C(C)(CC)C1. The fraction of sp³-hybridized carbons (Fsp3) is 0.938. The van der Waals surface area contributed by atoms with Crippen LogP contribution in [0.5, 0.6) is 0 Å². The first-order valence-electron chi connectivity index (χ1n) is 15.8. The standard InChI is InChI=1S/C30H57NO4.C2H6/c1-7-9-10-11-12-13-14-15-16-17-18-19-20-21-22-23-28(33)34-27-24-29(4,5)31(35-26(3)32)30(6,8-2)25-27;1-2/h27H,7-25H2,1-6H3;1-2H3. The second-order valence-corrected chi connectivity index (χ2v) is 11.8. The van der Waals surface area contributed by atoms with Gasteiger partial charge in [0.1, 0.15) is 6.10 Å². The van der Waals surface area contributed by atoms with Gasteiger partial charge < -0.3 is 9.57 Å². The smallest absolute Gasteiger partial charge is 0.322 e. The zero-order valence-electron chi connectivity index (χ0n) is 26.1. The van der Waals surface area contributed by atoms with Gasteiger partial charge >= 0.3 is 11.9 Å². The summed E-state index contributed by atoms with van der Waals surface area (Å²) in [5.41, 5.74) is -0.721. The Labute approximate surface area is 230 Å². The van der Waals surface area contributed by atoms with Gasteiger partial charge in [0.25, 0.3) is 0 Å². The van der Waals surface area contributed by atoms with Crippen molar-refractivity contribution in [3.8, 4) is 0 Å². The Balaban J connectivity index is 0.00000631. The Morgan fingerprint density at radius 2 is 1.16 bits per heavy atom. The molecule has 0 aliphatic carbocycles. The molecule has 1 saturated heterocycles. The molecular formula is C32H63NO4. The van der Waals surface area contributed by atoms with Gasteiger partial charge in [-0.05, 0) is 33.6 Å². The third-order valence-electron chi connectivity index (χ3n) is 7.70. The fourth-order valence-electron chi connectivity index (χ4n) is 5.64. The van der Waals surface area contributed by atoms with Gasteiger partial charge in [0, 0.05) is 26.2 Å². The number of hydrogen-bond acceptors (Lipinski definition) is 5. The van der Waals surface area contributed by atoms with Crippen LogP contribution in [0.2, 0.25) is 0 Å². The van der Waals surface area contributed by atoms with E-state index in [4.69, 9.17) is 9.57 Å². The topological polar surface area (TPSA) is 55.8 Å².